The minimum Gasteiger partial charge on any atom is -0.287 e. The van der Waals surface area contributed by atoms with Gasteiger partial charge in [0.25, 0.3) is 0 Å². The largest absolute Gasteiger partial charge is 0.287 e. The SMILES string of the molecule is O=C(c1ccc2ncccc2c1)c1cnccn1. The van der Waals surface area contributed by atoms with Gasteiger partial charge in [-0.1, -0.05) is 6.07 Å². The quantitative estimate of drug-likeness (QED) is 0.639. The number of hydrogen-bond acceptors (Lipinski definition) is 4. The summed E-state index contributed by atoms with van der Waals surface area (Å²) in [5.41, 5.74) is 1.81. The van der Waals surface area contributed by atoms with Gasteiger partial charge in [0, 0.05) is 29.5 Å². The molecule has 1 aromatic carbocycles. The van der Waals surface area contributed by atoms with Crippen LogP contribution in [0.5, 0.6) is 0 Å². The molecule has 18 heavy (non-hydrogen) atoms. The summed E-state index contributed by atoms with van der Waals surface area (Å²) in [7, 11) is 0. The van der Waals surface area contributed by atoms with E-state index in [4.69, 9.17) is 0 Å². The maximum Gasteiger partial charge on any atom is 0.212 e. The molecule has 0 aliphatic rings. The van der Waals surface area contributed by atoms with Crippen molar-refractivity contribution in [2.24, 2.45) is 0 Å². The van der Waals surface area contributed by atoms with Crippen molar-refractivity contribution < 1.29 is 4.79 Å². The van der Waals surface area contributed by atoms with Crippen LogP contribution in [0, 0.1) is 0 Å². The van der Waals surface area contributed by atoms with E-state index in [-0.39, 0.29) is 5.78 Å². The molecule has 0 amide bonds. The molecule has 3 aromatic rings. The Labute approximate surface area is 103 Å². The zero-order valence-electron chi connectivity index (χ0n) is 9.45. The zero-order valence-corrected chi connectivity index (χ0v) is 9.45. The molecule has 0 aliphatic heterocycles. The Hall–Kier alpha value is -2.62. The van der Waals surface area contributed by atoms with Crippen molar-refractivity contribution in [2.75, 3.05) is 0 Å². The van der Waals surface area contributed by atoms with Crippen LogP contribution in [0.4, 0.5) is 0 Å². The normalized spacial score (nSPS) is 10.4. The van der Waals surface area contributed by atoms with Gasteiger partial charge in [-0.15, -0.1) is 0 Å². The fraction of sp³-hybridized carbons (Fsp3) is 0. The molecule has 0 bridgehead atoms. The van der Waals surface area contributed by atoms with E-state index in [0.717, 1.165) is 10.9 Å². The summed E-state index contributed by atoms with van der Waals surface area (Å²) < 4.78 is 0. The Morgan fingerprint density at radius 2 is 1.94 bits per heavy atom. The molecule has 3 rings (SSSR count). The first-order chi connectivity index (χ1) is 8.84. The highest BCUT2D eigenvalue weighted by Crippen LogP contribution is 2.15. The zero-order chi connectivity index (χ0) is 12.4. The predicted molar refractivity (Wildman–Crippen MR) is 67.2 cm³/mol. The summed E-state index contributed by atoms with van der Waals surface area (Å²) in [5, 5.41) is 0.937. The summed E-state index contributed by atoms with van der Waals surface area (Å²) in [4.78, 5) is 24.3. The molecule has 0 fully saturated rings. The molecule has 0 N–H and O–H groups in total. The van der Waals surface area contributed by atoms with Crippen LogP contribution in [-0.4, -0.2) is 20.7 Å². The molecule has 0 atom stereocenters. The van der Waals surface area contributed by atoms with E-state index in [0.29, 0.717) is 11.3 Å². The van der Waals surface area contributed by atoms with Crippen molar-refractivity contribution in [2.45, 2.75) is 0 Å². The van der Waals surface area contributed by atoms with Crippen LogP contribution >= 0.6 is 0 Å². The van der Waals surface area contributed by atoms with Gasteiger partial charge in [0.05, 0.1) is 11.7 Å². The molecule has 0 spiro atoms. The minimum atomic E-state index is -0.131. The highest BCUT2D eigenvalue weighted by atomic mass is 16.1. The minimum absolute atomic E-state index is 0.131. The smallest absolute Gasteiger partial charge is 0.212 e. The van der Waals surface area contributed by atoms with E-state index in [1.807, 2.05) is 24.3 Å². The molecular weight excluding hydrogens is 226 g/mol. The topological polar surface area (TPSA) is 55.7 Å². The molecule has 0 unspecified atom stereocenters. The first-order valence-corrected chi connectivity index (χ1v) is 5.50. The average molecular weight is 235 g/mol. The lowest BCUT2D eigenvalue weighted by molar-refractivity contribution is 0.103. The molecule has 4 nitrogen and oxygen atoms in total. The highest BCUT2D eigenvalue weighted by Gasteiger charge is 2.10. The van der Waals surface area contributed by atoms with Crippen LogP contribution in [0.15, 0.2) is 55.1 Å². The van der Waals surface area contributed by atoms with E-state index in [2.05, 4.69) is 15.0 Å². The van der Waals surface area contributed by atoms with E-state index >= 15 is 0 Å². The fourth-order valence-corrected chi connectivity index (χ4v) is 1.78. The second-order valence-corrected chi connectivity index (χ2v) is 3.83. The second-order valence-electron chi connectivity index (χ2n) is 3.83. The standard InChI is InChI=1S/C14H9N3O/c18-14(13-9-15-6-7-17-13)11-3-4-12-10(8-11)2-1-5-16-12/h1-9H. The number of nitrogens with zero attached hydrogens (tertiary/aromatic N) is 3. The van der Waals surface area contributed by atoms with Crippen LogP contribution in [0.2, 0.25) is 0 Å². The Balaban J connectivity index is 2.07. The van der Waals surface area contributed by atoms with E-state index < -0.39 is 0 Å². The highest BCUT2D eigenvalue weighted by molar-refractivity contribution is 6.09. The lowest BCUT2D eigenvalue weighted by Gasteiger charge is -2.01. The number of rotatable bonds is 2. The first kappa shape index (κ1) is 10.5. The molecule has 0 saturated carbocycles. The van der Waals surface area contributed by atoms with E-state index in [1.54, 1.807) is 18.5 Å². The van der Waals surface area contributed by atoms with Gasteiger partial charge in [-0.3, -0.25) is 14.8 Å². The lowest BCUT2D eigenvalue weighted by Crippen LogP contribution is -2.04. The molecule has 0 aliphatic carbocycles. The number of benzene rings is 1. The van der Waals surface area contributed by atoms with Crippen LogP contribution in [0.1, 0.15) is 16.1 Å². The van der Waals surface area contributed by atoms with E-state index in [9.17, 15) is 4.79 Å². The molecule has 86 valence electrons. The predicted octanol–water partition coefficient (Wildman–Crippen LogP) is 2.26. The number of pyridine rings is 1. The van der Waals surface area contributed by atoms with Gasteiger partial charge in [-0.05, 0) is 24.3 Å². The number of fused-ring (bicyclic) bond motifs is 1. The number of hydrogen-bond donors (Lipinski definition) is 0. The number of carbonyl (C=O) groups is 1. The molecule has 0 saturated heterocycles. The number of ketones is 1. The third-order valence-electron chi connectivity index (χ3n) is 2.66. The van der Waals surface area contributed by atoms with E-state index in [1.165, 1.54) is 12.4 Å². The summed E-state index contributed by atoms with van der Waals surface area (Å²) in [6, 6.07) is 9.18. The molecule has 2 heterocycles. The van der Waals surface area contributed by atoms with Gasteiger partial charge in [0.2, 0.25) is 5.78 Å². The second kappa shape index (κ2) is 4.33. The summed E-state index contributed by atoms with van der Waals surface area (Å²) in [6.07, 6.45) is 6.25. The number of aromatic nitrogens is 3. The molecule has 2 aromatic heterocycles. The average Bonchev–Trinajstić information content (AvgIpc) is 2.47. The first-order valence-electron chi connectivity index (χ1n) is 5.50. The Bertz CT molecular complexity index is 710. The lowest BCUT2D eigenvalue weighted by atomic mass is 10.1. The maximum atomic E-state index is 12.2. The summed E-state index contributed by atoms with van der Waals surface area (Å²) in [5.74, 6) is -0.131. The van der Waals surface area contributed by atoms with Crippen molar-refractivity contribution in [3.63, 3.8) is 0 Å². The van der Waals surface area contributed by atoms with Crippen molar-refractivity contribution in [1.82, 2.24) is 15.0 Å². The third kappa shape index (κ3) is 1.84. The van der Waals surface area contributed by atoms with Gasteiger partial charge in [0.15, 0.2) is 0 Å². The van der Waals surface area contributed by atoms with Crippen LogP contribution in [-0.2, 0) is 0 Å². The van der Waals surface area contributed by atoms with Gasteiger partial charge in [0.1, 0.15) is 5.69 Å². The Morgan fingerprint density at radius 3 is 2.78 bits per heavy atom. The van der Waals surface area contributed by atoms with Gasteiger partial charge in [-0.2, -0.15) is 0 Å². The maximum absolute atomic E-state index is 12.2. The third-order valence-corrected chi connectivity index (χ3v) is 2.66. The monoisotopic (exact) mass is 235 g/mol. The molecule has 4 heteroatoms. The molecular formula is C14H9N3O. The van der Waals surface area contributed by atoms with Gasteiger partial charge >= 0.3 is 0 Å². The van der Waals surface area contributed by atoms with Crippen LogP contribution in [0.3, 0.4) is 0 Å². The van der Waals surface area contributed by atoms with Crippen LogP contribution in [0.25, 0.3) is 10.9 Å². The number of carbonyl (C=O) groups excluding carboxylic acids is 1. The van der Waals surface area contributed by atoms with Gasteiger partial charge in [-0.25, -0.2) is 4.98 Å². The van der Waals surface area contributed by atoms with Crippen molar-refractivity contribution in [1.29, 1.82) is 0 Å². The Kier molecular flexibility index (Phi) is 2.53. The van der Waals surface area contributed by atoms with Crippen molar-refractivity contribution in [3.05, 3.63) is 66.4 Å². The van der Waals surface area contributed by atoms with Gasteiger partial charge < -0.3 is 0 Å². The van der Waals surface area contributed by atoms with Crippen molar-refractivity contribution in [3.8, 4) is 0 Å². The van der Waals surface area contributed by atoms with Crippen molar-refractivity contribution >= 4 is 16.7 Å². The van der Waals surface area contributed by atoms with Crippen LogP contribution < -0.4 is 0 Å². The summed E-state index contributed by atoms with van der Waals surface area (Å²) in [6.45, 7) is 0. The Morgan fingerprint density at radius 1 is 1.00 bits per heavy atom. The molecule has 0 radical (unpaired) electrons. The fourth-order valence-electron chi connectivity index (χ4n) is 1.78. The summed E-state index contributed by atoms with van der Waals surface area (Å²) >= 11 is 0.